The van der Waals surface area contributed by atoms with E-state index in [0.717, 1.165) is 4.31 Å². The molecule has 3 N–H and O–H groups in total. The summed E-state index contributed by atoms with van der Waals surface area (Å²) in [6.45, 7) is 5.28. The average Bonchev–Trinajstić information content (AvgIpc) is 3.27. The number of hydrogen-bond donors (Lipinski definition) is 3. The predicted octanol–water partition coefficient (Wildman–Crippen LogP) is 4.83. The Bertz CT molecular complexity index is 1600. The summed E-state index contributed by atoms with van der Waals surface area (Å²) in [6.07, 6.45) is 4.86. The lowest BCUT2D eigenvalue weighted by Gasteiger charge is -2.37. The number of carboxylic acid groups (broad SMARTS) is 1. The Morgan fingerprint density at radius 2 is 1.77 bits per heavy atom. The molecule has 2 aromatic carbocycles. The van der Waals surface area contributed by atoms with Crippen molar-refractivity contribution in [1.29, 1.82) is 0 Å². The van der Waals surface area contributed by atoms with Gasteiger partial charge in [0.05, 0.1) is 35.1 Å². The Balaban J connectivity index is 1.84. The van der Waals surface area contributed by atoms with Crippen molar-refractivity contribution in [2.24, 2.45) is 5.41 Å². The zero-order valence-corrected chi connectivity index (χ0v) is 23.7. The van der Waals surface area contributed by atoms with Crippen LogP contribution < -0.4 is 9.62 Å². The summed E-state index contributed by atoms with van der Waals surface area (Å²) >= 11 is 12.2. The first-order valence-corrected chi connectivity index (χ1v) is 14.0. The van der Waals surface area contributed by atoms with E-state index in [1.54, 1.807) is 62.0 Å². The molecule has 0 aliphatic carbocycles. The molecule has 0 saturated heterocycles. The Hall–Kier alpha value is -3.38. The van der Waals surface area contributed by atoms with Gasteiger partial charge in [-0.15, -0.1) is 0 Å². The topological polar surface area (TPSA) is 138 Å². The van der Waals surface area contributed by atoms with Gasteiger partial charge in [-0.25, -0.2) is 23.2 Å². The van der Waals surface area contributed by atoms with Crippen LogP contribution in [-0.2, 0) is 14.8 Å². The lowest BCUT2D eigenvalue weighted by molar-refractivity contribution is -0.140. The maximum absolute atomic E-state index is 14.0. The van der Waals surface area contributed by atoms with Gasteiger partial charge in [-0.1, -0.05) is 44.0 Å². The molecule has 2 aromatic heterocycles. The van der Waals surface area contributed by atoms with Gasteiger partial charge >= 0.3 is 5.97 Å². The Kier molecular flexibility index (Phi) is 8.08. The molecule has 0 spiro atoms. The summed E-state index contributed by atoms with van der Waals surface area (Å²) in [5.41, 5.74) is -0.118. The SMILES string of the molecule is CC(C)(C)C(C(=O)O)N(c1ccc2c(ccn2-c2cnc(NCCO)cn2)c1)S(=O)(=O)c1cc(Cl)cc(Cl)c1. The van der Waals surface area contributed by atoms with Crippen molar-refractivity contribution >= 4 is 61.6 Å². The molecule has 0 bridgehead atoms. The molecule has 0 fully saturated rings. The number of aliphatic hydroxyl groups excluding tert-OH is 1. The van der Waals surface area contributed by atoms with Gasteiger partial charge in [-0.3, -0.25) is 8.87 Å². The van der Waals surface area contributed by atoms with E-state index in [1.165, 1.54) is 24.4 Å². The van der Waals surface area contributed by atoms with Crippen LogP contribution in [0.5, 0.6) is 0 Å². The molecule has 0 aliphatic heterocycles. The first-order valence-electron chi connectivity index (χ1n) is 11.8. The fourth-order valence-electron chi connectivity index (χ4n) is 4.23. The van der Waals surface area contributed by atoms with Crippen molar-refractivity contribution in [3.05, 3.63) is 71.1 Å². The number of aliphatic carboxylic acids is 1. The normalized spacial score (nSPS) is 12.9. The van der Waals surface area contributed by atoms with Gasteiger partial charge in [0.2, 0.25) is 0 Å². The second kappa shape index (κ2) is 11.0. The lowest BCUT2D eigenvalue weighted by atomic mass is 9.86. The van der Waals surface area contributed by atoms with Crippen molar-refractivity contribution in [1.82, 2.24) is 14.5 Å². The van der Waals surface area contributed by atoms with Gasteiger partial charge < -0.3 is 15.5 Å². The Labute approximate surface area is 235 Å². The number of hydrogen-bond acceptors (Lipinski definition) is 7. The largest absolute Gasteiger partial charge is 0.480 e. The number of aliphatic hydroxyl groups is 1. The fraction of sp³-hybridized carbons (Fsp3) is 0.269. The molecule has 0 saturated carbocycles. The number of nitrogens with zero attached hydrogens (tertiary/aromatic N) is 4. The summed E-state index contributed by atoms with van der Waals surface area (Å²) in [6, 6.07) is 9.05. The fourth-order valence-corrected chi connectivity index (χ4v) is 6.74. The first-order chi connectivity index (χ1) is 18.3. The Morgan fingerprint density at radius 3 is 2.33 bits per heavy atom. The molecule has 0 radical (unpaired) electrons. The van der Waals surface area contributed by atoms with Crippen LogP contribution in [0.15, 0.2) is 66.0 Å². The summed E-state index contributed by atoms with van der Waals surface area (Å²) in [5.74, 6) is -0.277. The third kappa shape index (κ3) is 5.96. The van der Waals surface area contributed by atoms with E-state index in [0.29, 0.717) is 29.1 Å². The molecule has 39 heavy (non-hydrogen) atoms. The number of carbonyl (C=O) groups is 1. The molecule has 2 heterocycles. The van der Waals surface area contributed by atoms with E-state index in [2.05, 4.69) is 15.3 Å². The van der Waals surface area contributed by atoms with E-state index in [9.17, 15) is 18.3 Å². The van der Waals surface area contributed by atoms with E-state index in [1.807, 2.05) is 0 Å². The van der Waals surface area contributed by atoms with Crippen LogP contribution >= 0.6 is 23.2 Å². The minimum absolute atomic E-state index is 0.0387. The van der Waals surface area contributed by atoms with Crippen molar-refractivity contribution in [3.63, 3.8) is 0 Å². The molecule has 10 nitrogen and oxygen atoms in total. The quantitative estimate of drug-likeness (QED) is 0.252. The van der Waals surface area contributed by atoms with Gasteiger partial charge in [0, 0.05) is 28.2 Å². The second-order valence-electron chi connectivity index (χ2n) is 9.85. The smallest absolute Gasteiger partial charge is 0.328 e. The molecular weight excluding hydrogens is 565 g/mol. The summed E-state index contributed by atoms with van der Waals surface area (Å²) in [4.78, 5) is 21.0. The van der Waals surface area contributed by atoms with E-state index in [-0.39, 0.29) is 27.2 Å². The maximum atomic E-state index is 14.0. The Morgan fingerprint density at radius 1 is 1.08 bits per heavy atom. The monoisotopic (exact) mass is 591 g/mol. The molecule has 13 heteroatoms. The molecule has 1 atom stereocenters. The van der Waals surface area contributed by atoms with E-state index >= 15 is 0 Å². The van der Waals surface area contributed by atoms with Gasteiger partial charge in [-0.05, 0) is 47.9 Å². The summed E-state index contributed by atoms with van der Waals surface area (Å²) in [5, 5.41) is 23.0. The lowest BCUT2D eigenvalue weighted by Crippen LogP contribution is -2.52. The molecule has 206 valence electrons. The number of halogens is 2. The second-order valence-corrected chi connectivity index (χ2v) is 12.5. The van der Waals surface area contributed by atoms with Crippen molar-refractivity contribution in [2.45, 2.75) is 31.7 Å². The van der Waals surface area contributed by atoms with E-state index < -0.39 is 27.4 Å². The van der Waals surface area contributed by atoms with Gasteiger partial charge in [0.15, 0.2) is 5.82 Å². The average molecular weight is 593 g/mol. The highest BCUT2D eigenvalue weighted by molar-refractivity contribution is 7.93. The molecule has 1 unspecified atom stereocenters. The number of carboxylic acids is 1. The van der Waals surface area contributed by atoms with Crippen LogP contribution in [0.25, 0.3) is 16.7 Å². The molecule has 4 aromatic rings. The van der Waals surface area contributed by atoms with Crippen LogP contribution in [0.2, 0.25) is 10.0 Å². The molecule has 4 rings (SSSR count). The van der Waals surface area contributed by atoms with Crippen molar-refractivity contribution in [2.75, 3.05) is 22.8 Å². The van der Waals surface area contributed by atoms with Gasteiger partial charge in [0.1, 0.15) is 11.9 Å². The maximum Gasteiger partial charge on any atom is 0.328 e. The summed E-state index contributed by atoms with van der Waals surface area (Å²) < 4.78 is 30.7. The first kappa shape index (κ1) is 28.6. The standard InChI is InChI=1S/C26H27Cl2N5O5S/c1-26(2,3)24(25(35)36)33(39(37,38)20-12-17(27)11-18(28)13-20)19-4-5-21-16(10-19)6-8-32(21)23-15-30-22(14-31-23)29-7-9-34/h4-6,8,10-15,24,34H,7,9H2,1-3H3,(H,29,30)(H,35,36). The van der Waals surface area contributed by atoms with Crippen LogP contribution in [-0.4, -0.2) is 58.3 Å². The number of anilines is 2. The summed E-state index contributed by atoms with van der Waals surface area (Å²) in [7, 11) is -4.42. The van der Waals surface area contributed by atoms with Crippen LogP contribution in [0.4, 0.5) is 11.5 Å². The van der Waals surface area contributed by atoms with Gasteiger partial charge in [0.25, 0.3) is 10.0 Å². The van der Waals surface area contributed by atoms with Gasteiger partial charge in [-0.2, -0.15) is 0 Å². The number of benzene rings is 2. The minimum atomic E-state index is -4.42. The molecule has 0 amide bonds. The minimum Gasteiger partial charge on any atom is -0.480 e. The van der Waals surface area contributed by atoms with Crippen molar-refractivity contribution < 1.29 is 23.4 Å². The molecule has 0 aliphatic rings. The van der Waals surface area contributed by atoms with Crippen molar-refractivity contribution in [3.8, 4) is 5.82 Å². The highest BCUT2D eigenvalue weighted by atomic mass is 35.5. The predicted molar refractivity (Wildman–Crippen MR) is 151 cm³/mol. The van der Waals surface area contributed by atoms with Crippen LogP contribution in [0.3, 0.4) is 0 Å². The number of aromatic nitrogens is 3. The number of fused-ring (bicyclic) bond motifs is 1. The zero-order chi connectivity index (χ0) is 28.5. The van der Waals surface area contributed by atoms with Crippen LogP contribution in [0.1, 0.15) is 20.8 Å². The number of nitrogens with one attached hydrogen (secondary N) is 1. The highest BCUT2D eigenvalue weighted by Gasteiger charge is 2.43. The van der Waals surface area contributed by atoms with E-state index in [4.69, 9.17) is 28.3 Å². The number of sulfonamides is 1. The number of rotatable bonds is 9. The molecular formula is C26H27Cl2N5O5S. The zero-order valence-electron chi connectivity index (χ0n) is 21.3. The third-order valence-electron chi connectivity index (χ3n) is 5.91. The highest BCUT2D eigenvalue weighted by Crippen LogP contribution is 2.37. The van der Waals surface area contributed by atoms with Crippen LogP contribution in [0, 0.1) is 5.41 Å². The third-order valence-corrected chi connectivity index (χ3v) is 8.12.